The molecule has 0 unspecified atom stereocenters. The molecule has 0 fully saturated rings. The van der Waals surface area contributed by atoms with E-state index in [0.29, 0.717) is 18.5 Å². The molecule has 0 atom stereocenters. The van der Waals surface area contributed by atoms with Crippen molar-refractivity contribution in [3.05, 3.63) is 35.1 Å². The lowest BCUT2D eigenvalue weighted by Gasteiger charge is -2.05. The van der Waals surface area contributed by atoms with Crippen LogP contribution in [0.4, 0.5) is 4.39 Å². The minimum Gasteiger partial charge on any atom is -0.354 e. The molecule has 1 aromatic carbocycles. The minimum atomic E-state index is -0.502. The molecule has 0 heterocycles. The number of rotatable bonds is 5. The molecule has 0 aliphatic heterocycles. The van der Waals surface area contributed by atoms with Crippen molar-refractivity contribution >= 4 is 12.3 Å². The molecular weight excluding hydrogens is 211 g/mol. The van der Waals surface area contributed by atoms with E-state index >= 15 is 0 Å². The van der Waals surface area contributed by atoms with Gasteiger partial charge in [0.15, 0.2) is 0 Å². The van der Waals surface area contributed by atoms with Crippen molar-refractivity contribution in [3.8, 4) is 0 Å². The van der Waals surface area contributed by atoms with Crippen molar-refractivity contribution in [1.82, 2.24) is 10.6 Å². The standard InChI is InChI=1S/C11H13FN2O2/c1-2-14-11(16)8-3-4-9(6-13-7-15)10(12)5-8/h3-5,7H,2,6H2,1H3,(H,13,15)(H,14,16). The molecule has 0 spiro atoms. The molecule has 4 nitrogen and oxygen atoms in total. The van der Waals surface area contributed by atoms with Gasteiger partial charge in [-0.15, -0.1) is 0 Å². The summed E-state index contributed by atoms with van der Waals surface area (Å²) in [5.74, 6) is -0.811. The first-order chi connectivity index (χ1) is 7.69. The zero-order valence-corrected chi connectivity index (χ0v) is 8.92. The van der Waals surface area contributed by atoms with Gasteiger partial charge in [0.25, 0.3) is 5.91 Å². The molecule has 0 bridgehead atoms. The highest BCUT2D eigenvalue weighted by Gasteiger charge is 2.08. The summed E-state index contributed by atoms with van der Waals surface area (Å²) >= 11 is 0. The molecule has 2 amide bonds. The maximum absolute atomic E-state index is 13.4. The second-order valence-corrected chi connectivity index (χ2v) is 3.16. The molecule has 0 saturated heterocycles. The molecule has 2 N–H and O–H groups in total. The van der Waals surface area contributed by atoms with Crippen LogP contribution in [0.15, 0.2) is 18.2 Å². The topological polar surface area (TPSA) is 58.2 Å². The molecule has 0 saturated carbocycles. The molecular formula is C11H13FN2O2. The highest BCUT2D eigenvalue weighted by atomic mass is 19.1. The lowest BCUT2D eigenvalue weighted by atomic mass is 10.1. The Kier molecular flexibility index (Phi) is 4.44. The van der Waals surface area contributed by atoms with Crippen LogP contribution in [0.1, 0.15) is 22.8 Å². The van der Waals surface area contributed by atoms with Crippen molar-refractivity contribution < 1.29 is 14.0 Å². The summed E-state index contributed by atoms with van der Waals surface area (Å²) in [5, 5.41) is 4.93. The fraction of sp³-hybridized carbons (Fsp3) is 0.273. The third-order valence-corrected chi connectivity index (χ3v) is 2.03. The van der Waals surface area contributed by atoms with Gasteiger partial charge in [0.05, 0.1) is 0 Å². The third kappa shape index (κ3) is 3.05. The maximum atomic E-state index is 13.4. The van der Waals surface area contributed by atoms with Gasteiger partial charge in [0.1, 0.15) is 5.82 Å². The average molecular weight is 224 g/mol. The molecule has 1 rings (SSSR count). The number of halogens is 1. The molecule has 0 aliphatic carbocycles. The number of hydrogen-bond acceptors (Lipinski definition) is 2. The normalized spacial score (nSPS) is 9.62. The zero-order valence-electron chi connectivity index (χ0n) is 8.92. The van der Waals surface area contributed by atoms with Crippen LogP contribution in [0.3, 0.4) is 0 Å². The summed E-state index contributed by atoms with van der Waals surface area (Å²) in [6.07, 6.45) is 0.497. The second-order valence-electron chi connectivity index (χ2n) is 3.16. The first-order valence-corrected chi connectivity index (χ1v) is 4.92. The van der Waals surface area contributed by atoms with E-state index in [0.717, 1.165) is 6.07 Å². The van der Waals surface area contributed by atoms with Crippen LogP contribution < -0.4 is 10.6 Å². The van der Waals surface area contributed by atoms with Gasteiger partial charge >= 0.3 is 0 Å². The highest BCUT2D eigenvalue weighted by molar-refractivity contribution is 5.94. The van der Waals surface area contributed by atoms with Crippen LogP contribution in [0.25, 0.3) is 0 Å². The number of benzene rings is 1. The van der Waals surface area contributed by atoms with E-state index in [1.165, 1.54) is 12.1 Å². The number of carbonyl (C=O) groups is 2. The number of nitrogens with one attached hydrogen (secondary N) is 2. The summed E-state index contributed by atoms with van der Waals surface area (Å²) in [6.45, 7) is 2.40. The Labute approximate surface area is 92.8 Å². The summed E-state index contributed by atoms with van der Waals surface area (Å²) in [4.78, 5) is 21.4. The fourth-order valence-electron chi connectivity index (χ4n) is 1.25. The Morgan fingerprint density at radius 2 is 2.25 bits per heavy atom. The molecule has 0 radical (unpaired) electrons. The molecule has 86 valence electrons. The zero-order chi connectivity index (χ0) is 12.0. The summed E-state index contributed by atoms with van der Waals surface area (Å²) in [5.41, 5.74) is 0.620. The van der Waals surface area contributed by atoms with E-state index in [4.69, 9.17) is 0 Å². The van der Waals surface area contributed by atoms with Crippen LogP contribution in [-0.4, -0.2) is 18.9 Å². The van der Waals surface area contributed by atoms with Gasteiger partial charge < -0.3 is 10.6 Å². The Bertz CT molecular complexity index is 394. The van der Waals surface area contributed by atoms with Crippen LogP contribution in [0.2, 0.25) is 0 Å². The number of hydrogen-bond donors (Lipinski definition) is 2. The molecule has 1 aromatic rings. The minimum absolute atomic E-state index is 0.116. The lowest BCUT2D eigenvalue weighted by molar-refractivity contribution is -0.109. The van der Waals surface area contributed by atoms with Gasteiger partial charge in [-0.3, -0.25) is 9.59 Å². The van der Waals surface area contributed by atoms with E-state index in [1.807, 2.05) is 0 Å². The second kappa shape index (κ2) is 5.85. The summed E-state index contributed by atoms with van der Waals surface area (Å²) in [7, 11) is 0. The Balaban J connectivity index is 2.81. The van der Waals surface area contributed by atoms with E-state index in [9.17, 15) is 14.0 Å². The summed E-state index contributed by atoms with van der Waals surface area (Å²) in [6, 6.07) is 4.17. The fourth-order valence-corrected chi connectivity index (χ4v) is 1.25. The van der Waals surface area contributed by atoms with Crippen molar-refractivity contribution in [2.24, 2.45) is 0 Å². The molecule has 16 heavy (non-hydrogen) atoms. The molecule has 0 aliphatic rings. The Morgan fingerprint density at radius 3 is 2.81 bits per heavy atom. The third-order valence-electron chi connectivity index (χ3n) is 2.03. The highest BCUT2D eigenvalue weighted by Crippen LogP contribution is 2.10. The predicted molar refractivity (Wildman–Crippen MR) is 57.3 cm³/mol. The molecule has 5 heteroatoms. The molecule has 0 aromatic heterocycles. The lowest BCUT2D eigenvalue weighted by Crippen LogP contribution is -2.23. The van der Waals surface area contributed by atoms with Gasteiger partial charge in [0, 0.05) is 24.2 Å². The quantitative estimate of drug-likeness (QED) is 0.727. The summed E-state index contributed by atoms with van der Waals surface area (Å²) < 4.78 is 13.4. The van der Waals surface area contributed by atoms with Crippen LogP contribution in [-0.2, 0) is 11.3 Å². The van der Waals surface area contributed by atoms with Crippen molar-refractivity contribution in [1.29, 1.82) is 0 Å². The van der Waals surface area contributed by atoms with Crippen LogP contribution >= 0.6 is 0 Å². The Hall–Kier alpha value is -1.91. The Morgan fingerprint density at radius 1 is 1.50 bits per heavy atom. The van der Waals surface area contributed by atoms with E-state index in [1.54, 1.807) is 6.92 Å². The maximum Gasteiger partial charge on any atom is 0.251 e. The van der Waals surface area contributed by atoms with E-state index in [-0.39, 0.29) is 18.0 Å². The average Bonchev–Trinajstić information content (AvgIpc) is 2.27. The van der Waals surface area contributed by atoms with Crippen LogP contribution in [0, 0.1) is 5.82 Å². The van der Waals surface area contributed by atoms with Gasteiger partial charge in [0.2, 0.25) is 6.41 Å². The first kappa shape index (κ1) is 12.2. The predicted octanol–water partition coefficient (Wildman–Crippen LogP) is 0.821. The van der Waals surface area contributed by atoms with Crippen molar-refractivity contribution in [2.75, 3.05) is 6.54 Å². The smallest absolute Gasteiger partial charge is 0.251 e. The van der Waals surface area contributed by atoms with Gasteiger partial charge in [-0.05, 0) is 19.1 Å². The van der Waals surface area contributed by atoms with E-state index < -0.39 is 5.82 Å². The van der Waals surface area contributed by atoms with Gasteiger partial charge in [-0.1, -0.05) is 6.07 Å². The van der Waals surface area contributed by atoms with Gasteiger partial charge in [-0.25, -0.2) is 4.39 Å². The monoisotopic (exact) mass is 224 g/mol. The van der Waals surface area contributed by atoms with Crippen LogP contribution in [0.5, 0.6) is 0 Å². The van der Waals surface area contributed by atoms with Crippen molar-refractivity contribution in [3.63, 3.8) is 0 Å². The number of carbonyl (C=O) groups excluding carboxylic acids is 2. The first-order valence-electron chi connectivity index (χ1n) is 4.92. The van der Waals surface area contributed by atoms with E-state index in [2.05, 4.69) is 10.6 Å². The number of amides is 2. The SMILES string of the molecule is CCNC(=O)c1ccc(CNC=O)c(F)c1. The largest absolute Gasteiger partial charge is 0.354 e. The van der Waals surface area contributed by atoms with Gasteiger partial charge in [-0.2, -0.15) is 0 Å². The van der Waals surface area contributed by atoms with Crippen molar-refractivity contribution in [2.45, 2.75) is 13.5 Å².